The number of nitriles is 1. The van der Waals surface area contributed by atoms with Crippen molar-refractivity contribution in [3.8, 4) is 6.07 Å². The molecule has 5 heteroatoms. The smallest absolute Gasteiger partial charge is 0.126 e. The summed E-state index contributed by atoms with van der Waals surface area (Å²) >= 11 is 1.30. The average molecular weight is 276 g/mol. The van der Waals surface area contributed by atoms with E-state index in [9.17, 15) is 8.78 Å². The molecule has 0 spiro atoms. The lowest BCUT2D eigenvalue weighted by Crippen LogP contribution is -1.91. The Bertz CT molecular complexity index is 603. The third-order valence-corrected chi connectivity index (χ3v) is 3.20. The fraction of sp³-hybridized carbons (Fsp3) is 0.0714. The maximum atomic E-state index is 13.0. The summed E-state index contributed by atoms with van der Waals surface area (Å²) in [6.45, 7) is 0. The van der Waals surface area contributed by atoms with Gasteiger partial charge in [0.2, 0.25) is 0 Å². The standard InChI is InChI=1S/C14H10F2N2S/c15-12-4-11(5-13(16)7-12)9-19-18-14-3-1-2-10(6-14)8-17/h1-7,18H,9H2. The Kier molecular flexibility index (Phi) is 4.37. The van der Waals surface area contributed by atoms with Crippen molar-refractivity contribution in [1.82, 2.24) is 0 Å². The Balaban J connectivity index is 1.94. The molecule has 0 saturated carbocycles. The molecule has 2 aromatic carbocycles. The predicted octanol–water partition coefficient (Wildman–Crippen LogP) is 4.10. The van der Waals surface area contributed by atoms with E-state index in [1.54, 1.807) is 18.2 Å². The monoisotopic (exact) mass is 276 g/mol. The van der Waals surface area contributed by atoms with Crippen molar-refractivity contribution in [1.29, 1.82) is 5.26 Å². The molecule has 0 aromatic heterocycles. The van der Waals surface area contributed by atoms with Crippen LogP contribution in [0.4, 0.5) is 14.5 Å². The molecule has 0 aliphatic rings. The zero-order valence-corrected chi connectivity index (χ0v) is 10.7. The fourth-order valence-corrected chi connectivity index (χ4v) is 2.25. The maximum absolute atomic E-state index is 13.0. The molecule has 2 aromatic rings. The third kappa shape index (κ3) is 3.97. The molecule has 1 N–H and O–H groups in total. The molecular formula is C14H10F2N2S. The van der Waals surface area contributed by atoms with E-state index in [0.29, 0.717) is 16.9 Å². The van der Waals surface area contributed by atoms with Gasteiger partial charge >= 0.3 is 0 Å². The van der Waals surface area contributed by atoms with Crippen molar-refractivity contribution in [2.75, 3.05) is 4.72 Å². The van der Waals surface area contributed by atoms with E-state index in [0.717, 1.165) is 11.8 Å². The number of nitrogens with zero attached hydrogens (tertiary/aromatic N) is 1. The molecular weight excluding hydrogens is 266 g/mol. The second-order valence-corrected chi connectivity index (χ2v) is 4.64. The van der Waals surface area contributed by atoms with Crippen molar-refractivity contribution in [2.24, 2.45) is 0 Å². The number of rotatable bonds is 4. The van der Waals surface area contributed by atoms with Crippen LogP contribution in [0.3, 0.4) is 0 Å². The van der Waals surface area contributed by atoms with Gasteiger partial charge in [-0.15, -0.1) is 0 Å². The predicted molar refractivity (Wildman–Crippen MR) is 72.4 cm³/mol. The Labute approximate surface area is 114 Å². The van der Waals surface area contributed by atoms with Crippen LogP contribution in [0.1, 0.15) is 11.1 Å². The minimum absolute atomic E-state index is 0.422. The fourth-order valence-electron chi connectivity index (χ4n) is 1.55. The highest BCUT2D eigenvalue weighted by Gasteiger charge is 2.01. The van der Waals surface area contributed by atoms with E-state index in [-0.39, 0.29) is 0 Å². The van der Waals surface area contributed by atoms with Crippen molar-refractivity contribution in [2.45, 2.75) is 5.75 Å². The lowest BCUT2D eigenvalue weighted by Gasteiger charge is -2.06. The summed E-state index contributed by atoms with van der Waals surface area (Å²) in [5.74, 6) is -0.741. The molecule has 0 atom stereocenters. The highest BCUT2D eigenvalue weighted by Crippen LogP contribution is 2.19. The van der Waals surface area contributed by atoms with Gasteiger partial charge in [-0.05, 0) is 47.8 Å². The Morgan fingerprint density at radius 3 is 2.53 bits per heavy atom. The minimum atomic E-state index is -0.581. The van der Waals surface area contributed by atoms with Crippen molar-refractivity contribution >= 4 is 17.6 Å². The van der Waals surface area contributed by atoms with Gasteiger partial charge in [-0.25, -0.2) is 8.78 Å². The lowest BCUT2D eigenvalue weighted by atomic mass is 10.2. The van der Waals surface area contributed by atoms with Crippen LogP contribution in [-0.2, 0) is 5.75 Å². The molecule has 0 aliphatic heterocycles. The first kappa shape index (κ1) is 13.4. The van der Waals surface area contributed by atoms with E-state index in [2.05, 4.69) is 4.72 Å². The van der Waals surface area contributed by atoms with Crippen LogP contribution in [0.2, 0.25) is 0 Å². The van der Waals surface area contributed by atoms with Crippen molar-refractivity contribution < 1.29 is 8.78 Å². The molecule has 0 amide bonds. The summed E-state index contributed by atoms with van der Waals surface area (Å²) in [6, 6.07) is 12.5. The summed E-state index contributed by atoms with van der Waals surface area (Å²) < 4.78 is 29.0. The quantitative estimate of drug-likeness (QED) is 0.854. The maximum Gasteiger partial charge on any atom is 0.126 e. The molecule has 96 valence electrons. The molecule has 2 nitrogen and oxygen atoms in total. The molecule has 0 bridgehead atoms. The van der Waals surface area contributed by atoms with Gasteiger partial charge in [0.25, 0.3) is 0 Å². The molecule has 0 aliphatic carbocycles. The van der Waals surface area contributed by atoms with Gasteiger partial charge in [0.15, 0.2) is 0 Å². The highest BCUT2D eigenvalue weighted by molar-refractivity contribution is 7.99. The number of nitrogens with one attached hydrogen (secondary N) is 1. The average Bonchev–Trinajstić information content (AvgIpc) is 2.38. The van der Waals surface area contributed by atoms with Gasteiger partial charge in [0, 0.05) is 17.5 Å². The first-order valence-electron chi connectivity index (χ1n) is 5.50. The normalized spacial score (nSPS) is 9.95. The van der Waals surface area contributed by atoms with Crippen molar-refractivity contribution in [3.63, 3.8) is 0 Å². The largest absolute Gasteiger partial charge is 0.329 e. The van der Waals surface area contributed by atoms with E-state index >= 15 is 0 Å². The molecule has 0 saturated heterocycles. The zero-order chi connectivity index (χ0) is 13.7. The highest BCUT2D eigenvalue weighted by atomic mass is 32.2. The van der Waals surface area contributed by atoms with Crippen LogP contribution < -0.4 is 4.72 Å². The number of hydrogen-bond acceptors (Lipinski definition) is 3. The van der Waals surface area contributed by atoms with Crippen LogP contribution in [0.15, 0.2) is 42.5 Å². The Hall–Kier alpha value is -2.06. The van der Waals surface area contributed by atoms with E-state index in [1.165, 1.54) is 24.1 Å². The van der Waals surface area contributed by atoms with Gasteiger partial charge in [-0.1, -0.05) is 6.07 Å². The number of halogens is 2. The molecule has 2 rings (SSSR count). The summed E-state index contributed by atoms with van der Waals surface area (Å²) in [7, 11) is 0. The first-order valence-corrected chi connectivity index (χ1v) is 6.49. The van der Waals surface area contributed by atoms with Crippen LogP contribution in [-0.4, -0.2) is 0 Å². The van der Waals surface area contributed by atoms with Crippen LogP contribution in [0.25, 0.3) is 0 Å². The second kappa shape index (κ2) is 6.21. The van der Waals surface area contributed by atoms with Gasteiger partial charge in [0.1, 0.15) is 11.6 Å². The Morgan fingerprint density at radius 2 is 1.84 bits per heavy atom. The number of benzene rings is 2. The SMILES string of the molecule is N#Cc1cccc(NSCc2cc(F)cc(F)c2)c1. The minimum Gasteiger partial charge on any atom is -0.329 e. The van der Waals surface area contributed by atoms with Gasteiger partial charge < -0.3 is 4.72 Å². The summed E-state index contributed by atoms with van der Waals surface area (Å²) in [5.41, 5.74) is 1.90. The van der Waals surface area contributed by atoms with Gasteiger partial charge in [0.05, 0.1) is 11.6 Å². The van der Waals surface area contributed by atoms with Crippen LogP contribution in [0, 0.1) is 23.0 Å². The Morgan fingerprint density at radius 1 is 1.11 bits per heavy atom. The molecule has 0 unspecified atom stereocenters. The molecule has 0 fully saturated rings. The summed E-state index contributed by atoms with van der Waals surface area (Å²) in [5, 5.41) is 8.76. The van der Waals surface area contributed by atoms with Crippen LogP contribution >= 0.6 is 11.9 Å². The van der Waals surface area contributed by atoms with Crippen molar-refractivity contribution in [3.05, 3.63) is 65.2 Å². The zero-order valence-electron chi connectivity index (χ0n) is 9.86. The van der Waals surface area contributed by atoms with E-state index in [1.807, 2.05) is 12.1 Å². The van der Waals surface area contributed by atoms with E-state index in [4.69, 9.17) is 5.26 Å². The lowest BCUT2D eigenvalue weighted by molar-refractivity contribution is 0.581. The van der Waals surface area contributed by atoms with Gasteiger partial charge in [-0.3, -0.25) is 0 Å². The van der Waals surface area contributed by atoms with E-state index < -0.39 is 11.6 Å². The molecule has 0 radical (unpaired) electrons. The number of hydrogen-bond donors (Lipinski definition) is 1. The number of anilines is 1. The van der Waals surface area contributed by atoms with Crippen LogP contribution in [0.5, 0.6) is 0 Å². The molecule has 0 heterocycles. The topological polar surface area (TPSA) is 35.8 Å². The van der Waals surface area contributed by atoms with Gasteiger partial charge in [-0.2, -0.15) is 5.26 Å². The molecule has 19 heavy (non-hydrogen) atoms. The first-order chi connectivity index (χ1) is 9.17. The summed E-state index contributed by atoms with van der Waals surface area (Å²) in [4.78, 5) is 0. The summed E-state index contributed by atoms with van der Waals surface area (Å²) in [6.07, 6.45) is 0. The second-order valence-electron chi connectivity index (χ2n) is 3.86. The third-order valence-electron chi connectivity index (χ3n) is 2.34.